The van der Waals surface area contributed by atoms with Gasteiger partial charge in [0.2, 0.25) is 0 Å². The number of aryl methyl sites for hydroxylation is 1. The van der Waals surface area contributed by atoms with Crippen LogP contribution in [0.25, 0.3) is 0 Å². The number of para-hydroxylation sites is 1. The first-order valence-corrected chi connectivity index (χ1v) is 6.31. The third-order valence-electron chi connectivity index (χ3n) is 2.86. The second-order valence-electron chi connectivity index (χ2n) is 4.60. The number of carbonyl (C=O) groups is 2. The Balaban J connectivity index is 2.11. The van der Waals surface area contributed by atoms with Crippen molar-refractivity contribution in [2.75, 3.05) is 16.4 Å². The van der Waals surface area contributed by atoms with Crippen LogP contribution in [-0.4, -0.2) is 11.8 Å². The number of nitrogen functional groups attached to an aromatic ring is 1. The van der Waals surface area contributed by atoms with Crippen molar-refractivity contribution in [2.45, 2.75) is 6.92 Å². The summed E-state index contributed by atoms with van der Waals surface area (Å²) in [7, 11) is 0. The second kappa shape index (κ2) is 6.21. The summed E-state index contributed by atoms with van der Waals surface area (Å²) in [5.41, 5.74) is 6.42. The highest BCUT2D eigenvalue weighted by molar-refractivity contribution is 6.43. The molecule has 2 rings (SSSR count). The molecule has 0 aliphatic heterocycles. The molecule has 2 amide bonds. The zero-order valence-corrected chi connectivity index (χ0v) is 11.6. The molecule has 0 aliphatic carbocycles. The van der Waals surface area contributed by atoms with Gasteiger partial charge in [0.05, 0.1) is 11.4 Å². The van der Waals surface area contributed by atoms with Crippen molar-refractivity contribution in [3.8, 4) is 0 Å². The van der Waals surface area contributed by atoms with Crippen LogP contribution in [0.1, 0.15) is 5.56 Å². The number of hydrogen-bond donors (Lipinski definition) is 3. The fourth-order valence-corrected chi connectivity index (χ4v) is 1.76. The van der Waals surface area contributed by atoms with Crippen LogP contribution >= 0.6 is 0 Å². The molecule has 0 atom stereocenters. The van der Waals surface area contributed by atoms with Crippen molar-refractivity contribution < 1.29 is 18.4 Å². The smallest absolute Gasteiger partial charge is 0.314 e. The molecule has 0 heterocycles. The first kappa shape index (κ1) is 15.4. The number of halogens is 2. The summed E-state index contributed by atoms with van der Waals surface area (Å²) in [6.45, 7) is 1.82. The molecule has 0 bridgehead atoms. The largest absolute Gasteiger partial charge is 0.397 e. The normalized spacial score (nSPS) is 10.1. The fraction of sp³-hybridized carbons (Fsp3) is 0.0667. The lowest BCUT2D eigenvalue weighted by molar-refractivity contribution is -0.133. The molecule has 22 heavy (non-hydrogen) atoms. The van der Waals surface area contributed by atoms with E-state index >= 15 is 0 Å². The number of amides is 2. The maximum atomic E-state index is 13.4. The summed E-state index contributed by atoms with van der Waals surface area (Å²) >= 11 is 0. The highest BCUT2D eigenvalue weighted by atomic mass is 19.1. The van der Waals surface area contributed by atoms with Crippen LogP contribution in [0.4, 0.5) is 25.8 Å². The van der Waals surface area contributed by atoms with Gasteiger partial charge >= 0.3 is 11.8 Å². The number of rotatable bonds is 2. The molecular weight excluding hydrogens is 292 g/mol. The zero-order valence-electron chi connectivity index (χ0n) is 11.6. The lowest BCUT2D eigenvalue weighted by Crippen LogP contribution is -2.30. The highest BCUT2D eigenvalue weighted by Gasteiger charge is 2.19. The van der Waals surface area contributed by atoms with Gasteiger partial charge in [0.25, 0.3) is 0 Å². The van der Waals surface area contributed by atoms with E-state index in [2.05, 4.69) is 5.32 Å². The number of carbonyl (C=O) groups excluding carboxylic acids is 2. The predicted molar refractivity (Wildman–Crippen MR) is 79.2 cm³/mol. The number of nitrogens with one attached hydrogen (secondary N) is 2. The summed E-state index contributed by atoms with van der Waals surface area (Å²) in [4.78, 5) is 23.5. The van der Waals surface area contributed by atoms with Crippen LogP contribution in [0.5, 0.6) is 0 Å². The average molecular weight is 305 g/mol. The van der Waals surface area contributed by atoms with E-state index in [1.165, 1.54) is 6.07 Å². The summed E-state index contributed by atoms with van der Waals surface area (Å²) in [5.74, 6) is -4.24. The molecule has 2 aromatic carbocycles. The molecule has 0 spiro atoms. The van der Waals surface area contributed by atoms with E-state index in [9.17, 15) is 18.4 Å². The van der Waals surface area contributed by atoms with Crippen molar-refractivity contribution in [2.24, 2.45) is 0 Å². The van der Waals surface area contributed by atoms with E-state index in [4.69, 9.17) is 5.73 Å². The minimum absolute atomic E-state index is 0.236. The first-order chi connectivity index (χ1) is 10.4. The lowest BCUT2D eigenvalue weighted by Gasteiger charge is -2.10. The first-order valence-electron chi connectivity index (χ1n) is 6.31. The van der Waals surface area contributed by atoms with Gasteiger partial charge in [-0.15, -0.1) is 0 Å². The fourth-order valence-electron chi connectivity index (χ4n) is 1.76. The summed E-state index contributed by atoms with van der Waals surface area (Å²) in [6, 6.07) is 7.92. The maximum Gasteiger partial charge on any atom is 0.314 e. The Kier molecular flexibility index (Phi) is 4.36. The van der Waals surface area contributed by atoms with E-state index < -0.39 is 29.1 Å². The minimum atomic E-state index is -1.20. The van der Waals surface area contributed by atoms with E-state index in [0.717, 1.165) is 23.8 Å². The van der Waals surface area contributed by atoms with Crippen LogP contribution in [-0.2, 0) is 9.59 Å². The van der Waals surface area contributed by atoms with Gasteiger partial charge in [-0.2, -0.15) is 0 Å². The Morgan fingerprint density at radius 2 is 1.59 bits per heavy atom. The Bertz CT molecular complexity index is 727. The topological polar surface area (TPSA) is 84.2 Å². The minimum Gasteiger partial charge on any atom is -0.397 e. The Hall–Kier alpha value is -2.96. The Morgan fingerprint density at radius 3 is 2.18 bits per heavy atom. The lowest BCUT2D eigenvalue weighted by atomic mass is 10.2. The van der Waals surface area contributed by atoms with Crippen molar-refractivity contribution in [1.29, 1.82) is 0 Å². The third kappa shape index (κ3) is 3.38. The Labute approximate surface area is 125 Å². The van der Waals surface area contributed by atoms with Crippen LogP contribution in [0.2, 0.25) is 0 Å². The van der Waals surface area contributed by atoms with Gasteiger partial charge in [0.1, 0.15) is 17.3 Å². The van der Waals surface area contributed by atoms with Gasteiger partial charge in [-0.3, -0.25) is 9.59 Å². The average Bonchev–Trinajstić information content (AvgIpc) is 2.45. The van der Waals surface area contributed by atoms with E-state index in [1.54, 1.807) is 12.1 Å². The monoisotopic (exact) mass is 305 g/mol. The van der Waals surface area contributed by atoms with Gasteiger partial charge in [-0.05, 0) is 36.8 Å². The molecular formula is C15H13F2N3O2. The van der Waals surface area contributed by atoms with Crippen LogP contribution in [0.15, 0.2) is 36.4 Å². The predicted octanol–water partition coefficient (Wildman–Crippen LogP) is 2.43. The molecule has 0 aliphatic rings. The van der Waals surface area contributed by atoms with Crippen LogP contribution in [0, 0.1) is 18.6 Å². The van der Waals surface area contributed by atoms with Gasteiger partial charge in [-0.1, -0.05) is 12.1 Å². The van der Waals surface area contributed by atoms with E-state index in [0.29, 0.717) is 0 Å². The highest BCUT2D eigenvalue weighted by Crippen LogP contribution is 2.20. The molecule has 0 saturated carbocycles. The van der Waals surface area contributed by atoms with Crippen molar-refractivity contribution in [3.63, 3.8) is 0 Å². The van der Waals surface area contributed by atoms with Crippen molar-refractivity contribution >= 4 is 28.9 Å². The van der Waals surface area contributed by atoms with Crippen molar-refractivity contribution in [1.82, 2.24) is 0 Å². The summed E-state index contributed by atoms with van der Waals surface area (Å²) < 4.78 is 26.8. The Morgan fingerprint density at radius 1 is 1.00 bits per heavy atom. The standard InChI is InChI=1S/C15H13F2N3O2/c1-8-5-6-12(11(18)7-8)19-14(21)15(22)20-13-9(16)3-2-4-10(13)17/h2-7H,18H2,1H3,(H,19,21)(H,20,22). The second-order valence-corrected chi connectivity index (χ2v) is 4.60. The number of nitrogens with two attached hydrogens (primary N) is 1. The molecule has 0 radical (unpaired) electrons. The zero-order chi connectivity index (χ0) is 16.3. The molecule has 5 nitrogen and oxygen atoms in total. The molecule has 0 saturated heterocycles. The quantitative estimate of drug-likeness (QED) is 0.588. The number of anilines is 3. The molecule has 0 fully saturated rings. The van der Waals surface area contributed by atoms with Gasteiger partial charge < -0.3 is 16.4 Å². The molecule has 2 aromatic rings. The molecule has 114 valence electrons. The molecule has 4 N–H and O–H groups in total. The van der Waals surface area contributed by atoms with E-state index in [-0.39, 0.29) is 11.4 Å². The SMILES string of the molecule is Cc1ccc(NC(=O)C(=O)Nc2c(F)cccc2F)c(N)c1. The summed E-state index contributed by atoms with van der Waals surface area (Å²) in [6.07, 6.45) is 0. The molecule has 0 aromatic heterocycles. The molecule has 0 unspecified atom stereocenters. The van der Waals surface area contributed by atoms with Gasteiger partial charge in [-0.25, -0.2) is 8.78 Å². The molecule has 7 heteroatoms. The van der Waals surface area contributed by atoms with Gasteiger partial charge in [0, 0.05) is 0 Å². The third-order valence-corrected chi connectivity index (χ3v) is 2.86. The maximum absolute atomic E-state index is 13.4. The van der Waals surface area contributed by atoms with E-state index in [1.807, 2.05) is 12.2 Å². The van der Waals surface area contributed by atoms with Crippen LogP contribution < -0.4 is 16.4 Å². The number of benzene rings is 2. The summed E-state index contributed by atoms with van der Waals surface area (Å²) in [5, 5.41) is 4.16. The van der Waals surface area contributed by atoms with Crippen molar-refractivity contribution in [3.05, 3.63) is 53.6 Å². The van der Waals surface area contributed by atoms with Crippen LogP contribution in [0.3, 0.4) is 0 Å². The van der Waals surface area contributed by atoms with Gasteiger partial charge in [0.15, 0.2) is 0 Å². The number of hydrogen-bond acceptors (Lipinski definition) is 3.